The summed E-state index contributed by atoms with van der Waals surface area (Å²) in [5.74, 6) is 0.116. The third-order valence-electron chi connectivity index (χ3n) is 3.45. The van der Waals surface area contributed by atoms with E-state index in [1.807, 2.05) is 55.6 Å². The molecule has 0 bridgehead atoms. The van der Waals surface area contributed by atoms with Gasteiger partial charge in [-0.2, -0.15) is 0 Å². The van der Waals surface area contributed by atoms with Crippen LogP contribution in [-0.4, -0.2) is 20.6 Å². The van der Waals surface area contributed by atoms with Gasteiger partial charge in [-0.1, -0.05) is 11.2 Å². The van der Waals surface area contributed by atoms with Crippen LogP contribution in [0.25, 0.3) is 10.9 Å². The van der Waals surface area contributed by atoms with Crippen molar-refractivity contribution in [2.24, 2.45) is 10.9 Å². The highest BCUT2D eigenvalue weighted by Gasteiger charge is 2.06. The summed E-state index contributed by atoms with van der Waals surface area (Å²) in [6.45, 7) is 2.70. The number of hydrogen-bond donors (Lipinski definition) is 2. The van der Waals surface area contributed by atoms with E-state index in [1.54, 1.807) is 0 Å². The lowest BCUT2D eigenvalue weighted by molar-refractivity contribution is 0.318. The zero-order valence-electron chi connectivity index (χ0n) is 11.7. The lowest BCUT2D eigenvalue weighted by atomic mass is 10.1. The maximum absolute atomic E-state index is 8.74. The second kappa shape index (κ2) is 5.28. The van der Waals surface area contributed by atoms with E-state index in [9.17, 15) is 0 Å². The topological polar surface area (TPSA) is 76.4 Å². The van der Waals surface area contributed by atoms with Gasteiger partial charge < -0.3 is 15.5 Å². The van der Waals surface area contributed by atoms with Gasteiger partial charge in [-0.15, -0.1) is 0 Å². The predicted octanol–water partition coefficient (Wildman–Crippen LogP) is 2.49. The normalized spacial score (nSPS) is 12.0. The number of hydrogen-bond acceptors (Lipinski definition) is 3. The van der Waals surface area contributed by atoms with Crippen LogP contribution in [0.2, 0.25) is 0 Å². The van der Waals surface area contributed by atoms with Crippen LogP contribution < -0.4 is 5.73 Å². The number of aromatic nitrogens is 2. The average molecular weight is 280 g/mol. The molecule has 0 aliphatic carbocycles. The molecule has 1 aromatic carbocycles. The zero-order chi connectivity index (χ0) is 14.8. The van der Waals surface area contributed by atoms with E-state index < -0.39 is 0 Å². The van der Waals surface area contributed by atoms with Crippen molar-refractivity contribution in [1.29, 1.82) is 0 Å². The predicted molar refractivity (Wildman–Crippen MR) is 82.5 cm³/mol. The first kappa shape index (κ1) is 13.2. The van der Waals surface area contributed by atoms with Crippen LogP contribution in [-0.2, 0) is 6.54 Å². The highest BCUT2D eigenvalue weighted by atomic mass is 16.4. The average Bonchev–Trinajstić information content (AvgIpc) is 2.89. The summed E-state index contributed by atoms with van der Waals surface area (Å²) in [6.07, 6.45) is 2.02. The number of rotatable bonds is 3. The molecule has 21 heavy (non-hydrogen) atoms. The van der Waals surface area contributed by atoms with Crippen LogP contribution in [0.1, 0.15) is 17.0 Å². The first-order chi connectivity index (χ1) is 10.2. The van der Waals surface area contributed by atoms with Crippen LogP contribution in [0.4, 0.5) is 0 Å². The molecule has 5 nitrogen and oxygen atoms in total. The first-order valence-electron chi connectivity index (χ1n) is 6.67. The van der Waals surface area contributed by atoms with Gasteiger partial charge in [-0.3, -0.25) is 4.98 Å². The summed E-state index contributed by atoms with van der Waals surface area (Å²) in [4.78, 5) is 4.52. The molecule has 0 saturated heterocycles. The Morgan fingerprint density at radius 2 is 2.14 bits per heavy atom. The van der Waals surface area contributed by atoms with E-state index in [-0.39, 0.29) is 5.84 Å². The second-order valence-corrected chi connectivity index (χ2v) is 4.97. The molecule has 0 aliphatic heterocycles. The van der Waals surface area contributed by atoms with Crippen molar-refractivity contribution in [3.63, 3.8) is 0 Å². The largest absolute Gasteiger partial charge is 0.409 e. The van der Waals surface area contributed by atoms with Crippen molar-refractivity contribution < 1.29 is 5.21 Å². The van der Waals surface area contributed by atoms with Gasteiger partial charge in [0.15, 0.2) is 5.84 Å². The Morgan fingerprint density at radius 3 is 2.90 bits per heavy atom. The minimum absolute atomic E-state index is 0.116. The van der Waals surface area contributed by atoms with Crippen LogP contribution in [0.5, 0.6) is 0 Å². The summed E-state index contributed by atoms with van der Waals surface area (Å²) < 4.78 is 2.13. The fraction of sp³-hybridized carbons (Fsp3) is 0.125. The van der Waals surface area contributed by atoms with Crippen LogP contribution in [0.15, 0.2) is 53.8 Å². The zero-order valence-corrected chi connectivity index (χ0v) is 11.7. The summed E-state index contributed by atoms with van der Waals surface area (Å²) in [6, 6.07) is 13.8. The Labute approximate surface area is 122 Å². The number of benzene rings is 1. The third-order valence-corrected chi connectivity index (χ3v) is 3.45. The number of fused-ring (bicyclic) bond motifs is 1. The molecular formula is C16H16N4O. The molecule has 3 N–H and O–H groups in total. The van der Waals surface area contributed by atoms with Crippen molar-refractivity contribution in [3.05, 3.63) is 65.6 Å². The van der Waals surface area contributed by atoms with Gasteiger partial charge in [0.2, 0.25) is 0 Å². The Kier molecular flexibility index (Phi) is 3.31. The number of pyridine rings is 1. The maximum atomic E-state index is 8.74. The van der Waals surface area contributed by atoms with Gasteiger partial charge in [0, 0.05) is 28.4 Å². The monoisotopic (exact) mass is 280 g/mol. The van der Waals surface area contributed by atoms with E-state index >= 15 is 0 Å². The quantitative estimate of drug-likeness (QED) is 0.335. The van der Waals surface area contributed by atoms with E-state index in [2.05, 4.69) is 14.7 Å². The van der Waals surface area contributed by atoms with E-state index in [4.69, 9.17) is 10.9 Å². The highest BCUT2D eigenvalue weighted by molar-refractivity contribution is 6.00. The molecule has 3 rings (SSSR count). The number of nitrogens with two attached hydrogens (primary N) is 1. The molecule has 0 saturated carbocycles. The summed E-state index contributed by atoms with van der Waals surface area (Å²) in [7, 11) is 0. The van der Waals surface area contributed by atoms with Gasteiger partial charge in [0.05, 0.1) is 12.2 Å². The summed E-state index contributed by atoms with van der Waals surface area (Å²) in [5.41, 5.74) is 9.44. The van der Waals surface area contributed by atoms with Gasteiger partial charge in [0.25, 0.3) is 0 Å². The van der Waals surface area contributed by atoms with Crippen molar-refractivity contribution in [2.45, 2.75) is 13.5 Å². The fourth-order valence-electron chi connectivity index (χ4n) is 2.42. The SMILES string of the molecule is Cc1cccc(Cn2ccc3cc(/C(N)=N/O)ccc32)n1. The number of amidine groups is 1. The molecule has 0 spiro atoms. The summed E-state index contributed by atoms with van der Waals surface area (Å²) >= 11 is 0. The molecule has 2 heterocycles. The molecular weight excluding hydrogens is 264 g/mol. The molecule has 0 atom stereocenters. The van der Waals surface area contributed by atoms with Crippen LogP contribution in [0, 0.1) is 6.92 Å². The van der Waals surface area contributed by atoms with E-state index in [0.29, 0.717) is 12.1 Å². The van der Waals surface area contributed by atoms with Gasteiger partial charge in [-0.25, -0.2) is 0 Å². The van der Waals surface area contributed by atoms with Crippen LogP contribution >= 0.6 is 0 Å². The lowest BCUT2D eigenvalue weighted by Gasteiger charge is -2.06. The van der Waals surface area contributed by atoms with Crippen LogP contribution in [0.3, 0.4) is 0 Å². The van der Waals surface area contributed by atoms with Crippen molar-refractivity contribution in [1.82, 2.24) is 9.55 Å². The molecule has 5 heteroatoms. The highest BCUT2D eigenvalue weighted by Crippen LogP contribution is 2.18. The molecule has 0 fully saturated rings. The lowest BCUT2D eigenvalue weighted by Crippen LogP contribution is -2.12. The van der Waals surface area contributed by atoms with Crippen molar-refractivity contribution >= 4 is 16.7 Å². The number of nitrogens with zero attached hydrogens (tertiary/aromatic N) is 3. The Morgan fingerprint density at radius 1 is 1.29 bits per heavy atom. The molecule has 0 unspecified atom stereocenters. The molecule has 3 aromatic rings. The minimum Gasteiger partial charge on any atom is -0.409 e. The molecule has 0 radical (unpaired) electrons. The molecule has 106 valence electrons. The number of oxime groups is 1. The molecule has 0 amide bonds. The molecule has 2 aromatic heterocycles. The third kappa shape index (κ3) is 2.58. The Balaban J connectivity index is 1.97. The van der Waals surface area contributed by atoms with Gasteiger partial charge in [0.1, 0.15) is 0 Å². The maximum Gasteiger partial charge on any atom is 0.170 e. The Bertz CT molecular complexity index is 820. The van der Waals surface area contributed by atoms with E-state index in [0.717, 1.165) is 22.3 Å². The Hall–Kier alpha value is -2.82. The van der Waals surface area contributed by atoms with E-state index in [1.165, 1.54) is 0 Å². The fourth-order valence-corrected chi connectivity index (χ4v) is 2.42. The standard InChI is InChI=1S/C16H16N4O/c1-11-3-2-4-14(18-11)10-20-8-7-12-9-13(16(17)19-21)5-6-15(12)20/h2-9,21H,10H2,1H3,(H2,17,19). The van der Waals surface area contributed by atoms with Crippen molar-refractivity contribution in [2.75, 3.05) is 0 Å². The summed E-state index contributed by atoms with van der Waals surface area (Å²) in [5, 5.41) is 12.8. The van der Waals surface area contributed by atoms with Gasteiger partial charge >= 0.3 is 0 Å². The second-order valence-electron chi connectivity index (χ2n) is 4.97. The van der Waals surface area contributed by atoms with Gasteiger partial charge in [-0.05, 0) is 43.3 Å². The smallest absolute Gasteiger partial charge is 0.170 e. The molecule has 0 aliphatic rings. The van der Waals surface area contributed by atoms with Crippen molar-refractivity contribution in [3.8, 4) is 0 Å². The number of aryl methyl sites for hydroxylation is 1. The first-order valence-corrected chi connectivity index (χ1v) is 6.67. The minimum atomic E-state index is 0.116.